The Bertz CT molecular complexity index is 1070. The molecule has 0 aliphatic carbocycles. The highest BCUT2D eigenvalue weighted by atomic mass is 16.5. The van der Waals surface area contributed by atoms with Gasteiger partial charge in [0.15, 0.2) is 0 Å². The molecule has 7 heteroatoms. The summed E-state index contributed by atoms with van der Waals surface area (Å²) < 4.78 is 17.3. The number of nitrogens with zero attached hydrogens (tertiary/aromatic N) is 1. The molecule has 32 heavy (non-hydrogen) atoms. The number of urea groups is 1. The van der Waals surface area contributed by atoms with Gasteiger partial charge in [0.2, 0.25) is 0 Å². The first-order chi connectivity index (χ1) is 15.7. The van der Waals surface area contributed by atoms with Crippen LogP contribution in [0, 0.1) is 0 Å². The molecular formula is C25H29N3O4. The lowest BCUT2D eigenvalue weighted by atomic mass is 10.1. The molecule has 2 N–H and O–H groups in total. The Hall–Kier alpha value is -3.45. The first kappa shape index (κ1) is 21.8. The number of carbonyl (C=O) groups excluding carboxylic acids is 1. The average Bonchev–Trinajstić information content (AvgIpc) is 2.82. The summed E-state index contributed by atoms with van der Waals surface area (Å²) >= 11 is 0. The van der Waals surface area contributed by atoms with E-state index in [1.54, 1.807) is 0 Å². The standard InChI is InChI=1S/C25H29N3O4/c1-3-31-23-17-22(28-12-14-30-15-13-28)24(32-4-2)16-21(23)27-25(29)26-20-11-7-9-18-8-5-6-10-19(18)20/h5-11,16-17H,3-4,12-15H2,1-2H3,(H2,26,27,29). The van der Waals surface area contributed by atoms with Crippen molar-refractivity contribution in [1.82, 2.24) is 0 Å². The van der Waals surface area contributed by atoms with Crippen molar-refractivity contribution in [3.05, 3.63) is 54.6 Å². The molecule has 0 unspecified atom stereocenters. The summed E-state index contributed by atoms with van der Waals surface area (Å²) in [4.78, 5) is 15.1. The van der Waals surface area contributed by atoms with Gasteiger partial charge in [-0.3, -0.25) is 0 Å². The lowest BCUT2D eigenvalue weighted by molar-refractivity contribution is 0.122. The molecule has 0 aromatic heterocycles. The van der Waals surface area contributed by atoms with Crippen LogP contribution in [0.1, 0.15) is 13.8 Å². The summed E-state index contributed by atoms with van der Waals surface area (Å²) in [6.45, 7) is 7.76. The van der Waals surface area contributed by atoms with E-state index >= 15 is 0 Å². The van der Waals surface area contributed by atoms with Gasteiger partial charge in [0, 0.05) is 30.6 Å². The van der Waals surface area contributed by atoms with Crippen molar-refractivity contribution in [3.8, 4) is 11.5 Å². The summed E-state index contributed by atoms with van der Waals surface area (Å²) in [6, 6.07) is 17.2. The first-order valence-electron chi connectivity index (χ1n) is 11.0. The normalized spacial score (nSPS) is 13.6. The predicted octanol–water partition coefficient (Wildman–Crippen LogP) is 5.12. The van der Waals surface area contributed by atoms with Gasteiger partial charge in [-0.2, -0.15) is 0 Å². The molecule has 1 fully saturated rings. The minimum atomic E-state index is -0.344. The van der Waals surface area contributed by atoms with Crippen molar-refractivity contribution in [2.75, 3.05) is 55.1 Å². The Balaban J connectivity index is 1.61. The summed E-state index contributed by atoms with van der Waals surface area (Å²) in [5.41, 5.74) is 2.25. The number of rotatable bonds is 7. The highest BCUT2D eigenvalue weighted by Crippen LogP contribution is 2.39. The number of anilines is 3. The van der Waals surface area contributed by atoms with Gasteiger partial charge in [0.25, 0.3) is 0 Å². The Kier molecular flexibility index (Phi) is 6.97. The fourth-order valence-corrected chi connectivity index (χ4v) is 3.85. The Morgan fingerprint density at radius 2 is 1.59 bits per heavy atom. The molecule has 0 spiro atoms. The second-order valence-electron chi connectivity index (χ2n) is 7.39. The van der Waals surface area contributed by atoms with Gasteiger partial charge in [-0.05, 0) is 25.3 Å². The second-order valence-corrected chi connectivity index (χ2v) is 7.39. The van der Waals surface area contributed by atoms with E-state index in [2.05, 4.69) is 15.5 Å². The summed E-state index contributed by atoms with van der Waals surface area (Å²) in [6.07, 6.45) is 0. The third-order valence-corrected chi connectivity index (χ3v) is 5.30. The van der Waals surface area contributed by atoms with Crippen LogP contribution in [-0.4, -0.2) is 45.5 Å². The van der Waals surface area contributed by atoms with Gasteiger partial charge in [-0.15, -0.1) is 0 Å². The molecule has 1 aliphatic heterocycles. The van der Waals surface area contributed by atoms with Gasteiger partial charge in [-0.25, -0.2) is 4.79 Å². The number of hydrogen-bond donors (Lipinski definition) is 2. The lowest BCUT2D eigenvalue weighted by Gasteiger charge is -2.31. The van der Waals surface area contributed by atoms with Gasteiger partial charge < -0.3 is 29.7 Å². The minimum absolute atomic E-state index is 0.344. The van der Waals surface area contributed by atoms with E-state index in [1.165, 1.54) is 0 Å². The van der Waals surface area contributed by atoms with Gasteiger partial charge in [0.1, 0.15) is 11.5 Å². The Labute approximate surface area is 188 Å². The van der Waals surface area contributed by atoms with Crippen LogP contribution in [0.5, 0.6) is 11.5 Å². The molecule has 3 aromatic rings. The maximum atomic E-state index is 12.9. The van der Waals surface area contributed by atoms with E-state index in [4.69, 9.17) is 14.2 Å². The van der Waals surface area contributed by atoms with Gasteiger partial charge in [-0.1, -0.05) is 36.4 Å². The smallest absolute Gasteiger partial charge is 0.323 e. The molecule has 1 saturated heterocycles. The van der Waals surface area contributed by atoms with Crippen LogP contribution in [0.2, 0.25) is 0 Å². The van der Waals surface area contributed by atoms with Crippen LogP contribution in [0.25, 0.3) is 10.8 Å². The molecule has 4 rings (SSSR count). The summed E-state index contributed by atoms with van der Waals surface area (Å²) in [7, 11) is 0. The fourth-order valence-electron chi connectivity index (χ4n) is 3.85. The van der Waals surface area contributed by atoms with Gasteiger partial charge >= 0.3 is 6.03 Å². The molecule has 168 valence electrons. The zero-order valence-corrected chi connectivity index (χ0v) is 18.5. The lowest BCUT2D eigenvalue weighted by Crippen LogP contribution is -2.36. The van der Waals surface area contributed by atoms with Gasteiger partial charge in [0.05, 0.1) is 43.5 Å². The summed E-state index contributed by atoms with van der Waals surface area (Å²) in [5, 5.41) is 7.94. The Morgan fingerprint density at radius 3 is 2.38 bits per heavy atom. The summed E-state index contributed by atoms with van der Waals surface area (Å²) in [5.74, 6) is 1.31. The predicted molar refractivity (Wildman–Crippen MR) is 128 cm³/mol. The van der Waals surface area contributed by atoms with E-state index < -0.39 is 0 Å². The topological polar surface area (TPSA) is 72.1 Å². The Morgan fingerprint density at radius 1 is 0.906 bits per heavy atom. The number of fused-ring (bicyclic) bond motifs is 1. The molecule has 0 radical (unpaired) electrons. The number of hydrogen-bond acceptors (Lipinski definition) is 5. The van der Waals surface area contributed by atoms with E-state index in [1.807, 2.05) is 68.4 Å². The van der Waals surface area contributed by atoms with Crippen molar-refractivity contribution in [1.29, 1.82) is 0 Å². The van der Waals surface area contributed by atoms with Crippen molar-refractivity contribution < 1.29 is 19.0 Å². The van der Waals surface area contributed by atoms with Crippen molar-refractivity contribution in [2.45, 2.75) is 13.8 Å². The van der Waals surface area contributed by atoms with Crippen molar-refractivity contribution in [3.63, 3.8) is 0 Å². The van der Waals surface area contributed by atoms with E-state index in [9.17, 15) is 4.79 Å². The first-order valence-corrected chi connectivity index (χ1v) is 11.0. The maximum Gasteiger partial charge on any atom is 0.323 e. The van der Waals surface area contributed by atoms with Crippen LogP contribution in [0.3, 0.4) is 0 Å². The molecule has 7 nitrogen and oxygen atoms in total. The zero-order chi connectivity index (χ0) is 22.3. The zero-order valence-electron chi connectivity index (χ0n) is 18.5. The number of morpholine rings is 1. The van der Waals surface area contributed by atoms with Crippen LogP contribution >= 0.6 is 0 Å². The SMILES string of the molecule is CCOc1cc(N2CCOCC2)c(OCC)cc1NC(=O)Nc1cccc2ccccc12. The molecule has 0 atom stereocenters. The molecule has 3 aromatic carbocycles. The number of carbonyl (C=O) groups is 1. The second kappa shape index (κ2) is 10.2. The highest BCUT2D eigenvalue weighted by molar-refractivity contribution is 6.06. The molecule has 1 aliphatic rings. The maximum absolute atomic E-state index is 12.9. The molecule has 0 bridgehead atoms. The van der Waals surface area contributed by atoms with E-state index in [0.717, 1.165) is 35.2 Å². The number of amides is 2. The van der Waals surface area contributed by atoms with Crippen LogP contribution in [0.15, 0.2) is 54.6 Å². The monoisotopic (exact) mass is 435 g/mol. The van der Waals surface area contributed by atoms with E-state index in [0.29, 0.717) is 43.6 Å². The van der Waals surface area contributed by atoms with Crippen LogP contribution in [0.4, 0.5) is 21.9 Å². The third-order valence-electron chi connectivity index (χ3n) is 5.30. The average molecular weight is 436 g/mol. The molecule has 0 saturated carbocycles. The molecular weight excluding hydrogens is 406 g/mol. The van der Waals surface area contributed by atoms with Crippen molar-refractivity contribution in [2.24, 2.45) is 0 Å². The number of nitrogens with one attached hydrogen (secondary N) is 2. The molecule has 1 heterocycles. The largest absolute Gasteiger partial charge is 0.492 e. The number of ether oxygens (including phenoxy) is 3. The fraction of sp³-hybridized carbons (Fsp3) is 0.320. The van der Waals surface area contributed by atoms with E-state index in [-0.39, 0.29) is 6.03 Å². The third kappa shape index (κ3) is 4.89. The van der Waals surface area contributed by atoms with Crippen LogP contribution in [-0.2, 0) is 4.74 Å². The molecule has 2 amide bonds. The minimum Gasteiger partial charge on any atom is -0.492 e. The highest BCUT2D eigenvalue weighted by Gasteiger charge is 2.20. The van der Waals surface area contributed by atoms with Crippen molar-refractivity contribution >= 4 is 33.9 Å². The van der Waals surface area contributed by atoms with Crippen LogP contribution < -0.4 is 25.0 Å². The number of benzene rings is 3. The quantitative estimate of drug-likeness (QED) is 0.539.